The zero-order valence-electron chi connectivity index (χ0n) is 12.9. The number of hydrogen-bond donors (Lipinski definition) is 1. The Balaban J connectivity index is 1.83. The van der Waals surface area contributed by atoms with Crippen LogP contribution in [-0.4, -0.2) is 43.5 Å². The molecule has 6 nitrogen and oxygen atoms in total. The van der Waals surface area contributed by atoms with Crippen molar-refractivity contribution in [3.05, 3.63) is 41.8 Å². The van der Waals surface area contributed by atoms with E-state index in [-0.39, 0.29) is 24.8 Å². The van der Waals surface area contributed by atoms with E-state index in [0.717, 1.165) is 5.69 Å². The van der Waals surface area contributed by atoms with Gasteiger partial charge in [-0.25, -0.2) is 8.42 Å². The Kier molecular flexibility index (Phi) is 4.76. The van der Waals surface area contributed by atoms with Gasteiger partial charge < -0.3 is 10.0 Å². The summed E-state index contributed by atoms with van der Waals surface area (Å²) in [4.78, 5) is 2.03. The predicted octanol–water partition coefficient (Wildman–Crippen LogP) is 2.25. The van der Waals surface area contributed by atoms with Crippen LogP contribution in [0.4, 0.5) is 5.69 Å². The van der Waals surface area contributed by atoms with Crippen molar-refractivity contribution in [2.24, 2.45) is 0 Å². The Morgan fingerprint density at radius 3 is 2.62 bits per heavy atom. The van der Waals surface area contributed by atoms with E-state index >= 15 is 0 Å². The van der Waals surface area contributed by atoms with Crippen LogP contribution in [-0.2, 0) is 10.0 Å². The Morgan fingerprint density at radius 1 is 1.25 bits per heavy atom. The lowest BCUT2D eigenvalue weighted by Gasteiger charge is -2.41. The van der Waals surface area contributed by atoms with Crippen LogP contribution in [0.25, 0.3) is 0 Å². The van der Waals surface area contributed by atoms with Gasteiger partial charge in [0.1, 0.15) is 9.96 Å². The third-order valence-corrected chi connectivity index (χ3v) is 7.28. The fourth-order valence-electron chi connectivity index (χ4n) is 2.85. The molecule has 0 radical (unpaired) electrons. The first-order valence-electron chi connectivity index (χ1n) is 7.48. The predicted molar refractivity (Wildman–Crippen MR) is 92.5 cm³/mol. The van der Waals surface area contributed by atoms with E-state index in [1.807, 2.05) is 4.90 Å². The molecule has 1 N–H and O–H groups in total. The van der Waals surface area contributed by atoms with Gasteiger partial charge in [-0.3, -0.25) is 0 Å². The summed E-state index contributed by atoms with van der Waals surface area (Å²) in [5, 5.41) is 20.3. The number of phenolic OH excluding ortho intramolecular Hbond substituents is 1. The first-order valence-corrected chi connectivity index (χ1v) is 9.80. The molecule has 0 aliphatic carbocycles. The van der Waals surface area contributed by atoms with Gasteiger partial charge in [-0.15, -0.1) is 11.3 Å². The summed E-state index contributed by atoms with van der Waals surface area (Å²) in [5.74, 6) is 0.175. The highest BCUT2D eigenvalue weighted by molar-refractivity contribution is 7.91. The van der Waals surface area contributed by atoms with Gasteiger partial charge in [-0.1, -0.05) is 6.07 Å². The maximum atomic E-state index is 12.7. The fourth-order valence-corrected chi connectivity index (χ4v) is 5.46. The largest absolute Gasteiger partial charge is 0.508 e. The topological polar surface area (TPSA) is 84.6 Å². The number of nitriles is 1. The molecule has 1 fully saturated rings. The number of thiophene rings is 1. The minimum Gasteiger partial charge on any atom is -0.508 e. The molecule has 0 amide bonds. The molecule has 1 saturated heterocycles. The van der Waals surface area contributed by atoms with Crippen LogP contribution >= 0.6 is 11.3 Å². The highest BCUT2D eigenvalue weighted by Crippen LogP contribution is 2.28. The van der Waals surface area contributed by atoms with Crippen LogP contribution in [0.5, 0.6) is 5.75 Å². The van der Waals surface area contributed by atoms with E-state index in [1.165, 1.54) is 15.6 Å². The summed E-state index contributed by atoms with van der Waals surface area (Å²) >= 11 is 1.20. The summed E-state index contributed by atoms with van der Waals surface area (Å²) in [5.41, 5.74) is 0.876. The molecule has 0 saturated carbocycles. The van der Waals surface area contributed by atoms with Gasteiger partial charge in [0.15, 0.2) is 0 Å². The van der Waals surface area contributed by atoms with Gasteiger partial charge in [0.05, 0.1) is 18.5 Å². The second-order valence-corrected chi connectivity index (χ2v) is 8.63. The van der Waals surface area contributed by atoms with Crippen LogP contribution in [0.15, 0.2) is 46.0 Å². The van der Waals surface area contributed by atoms with Crippen molar-refractivity contribution >= 4 is 27.0 Å². The summed E-state index contributed by atoms with van der Waals surface area (Å²) < 4.78 is 27.2. The van der Waals surface area contributed by atoms with Crippen LogP contribution in [0.2, 0.25) is 0 Å². The molecular weight excluding hydrogens is 346 g/mol. The van der Waals surface area contributed by atoms with Crippen molar-refractivity contribution in [2.75, 3.05) is 24.5 Å². The monoisotopic (exact) mass is 363 g/mol. The number of anilines is 1. The second kappa shape index (κ2) is 6.81. The van der Waals surface area contributed by atoms with Crippen LogP contribution in [0, 0.1) is 11.3 Å². The third-order valence-electron chi connectivity index (χ3n) is 4.04. The van der Waals surface area contributed by atoms with Crippen molar-refractivity contribution in [1.29, 1.82) is 5.26 Å². The molecule has 24 heavy (non-hydrogen) atoms. The average Bonchev–Trinajstić information content (AvgIpc) is 3.11. The summed E-state index contributed by atoms with van der Waals surface area (Å²) in [6.07, 6.45) is 0.233. The maximum Gasteiger partial charge on any atom is 0.252 e. The number of aromatic hydroxyl groups is 1. The maximum absolute atomic E-state index is 12.7. The standard InChI is InChI=1S/C16H17N3O3S2/c17-8-7-14-12-18(24(21,22)16-2-1-11-23-16)9-10-19(14)13-3-5-15(20)6-4-13/h1-6,11,14,20H,7,9-10,12H2/t14-/m1/s1. The molecule has 2 aromatic rings. The number of sulfonamides is 1. The minimum absolute atomic E-state index is 0.175. The van der Waals surface area contributed by atoms with Crippen molar-refractivity contribution < 1.29 is 13.5 Å². The lowest BCUT2D eigenvalue weighted by molar-refractivity contribution is 0.334. The highest BCUT2D eigenvalue weighted by atomic mass is 32.2. The Labute approximate surface area is 145 Å². The molecule has 1 aromatic carbocycles. The molecule has 0 spiro atoms. The quantitative estimate of drug-likeness (QED) is 0.900. The Bertz CT molecular complexity index is 826. The zero-order valence-corrected chi connectivity index (χ0v) is 14.5. The summed E-state index contributed by atoms with van der Waals surface area (Å²) in [7, 11) is -3.51. The van der Waals surface area contributed by atoms with Crippen LogP contribution in [0.3, 0.4) is 0 Å². The highest BCUT2D eigenvalue weighted by Gasteiger charge is 2.34. The number of piperazine rings is 1. The zero-order chi connectivity index (χ0) is 17.2. The number of nitrogens with zero attached hydrogens (tertiary/aromatic N) is 3. The van der Waals surface area contributed by atoms with Gasteiger partial charge in [-0.05, 0) is 35.7 Å². The number of rotatable bonds is 4. The molecule has 0 bridgehead atoms. The Hall–Kier alpha value is -2.08. The van der Waals surface area contributed by atoms with E-state index < -0.39 is 10.0 Å². The summed E-state index contributed by atoms with van der Waals surface area (Å²) in [6.45, 7) is 1.14. The van der Waals surface area contributed by atoms with Crippen molar-refractivity contribution in [1.82, 2.24) is 4.31 Å². The average molecular weight is 363 g/mol. The van der Waals surface area contributed by atoms with E-state index in [4.69, 9.17) is 5.26 Å². The van der Waals surface area contributed by atoms with Crippen molar-refractivity contribution in [3.63, 3.8) is 0 Å². The van der Waals surface area contributed by atoms with Gasteiger partial charge in [0.2, 0.25) is 0 Å². The second-order valence-electron chi connectivity index (χ2n) is 5.52. The normalized spacial score (nSPS) is 19.1. The van der Waals surface area contributed by atoms with Crippen molar-refractivity contribution in [2.45, 2.75) is 16.7 Å². The summed E-state index contributed by atoms with van der Waals surface area (Å²) in [6, 6.07) is 12.0. The third kappa shape index (κ3) is 3.24. The lowest BCUT2D eigenvalue weighted by Crippen LogP contribution is -2.54. The molecular formula is C16H17N3O3S2. The first kappa shape index (κ1) is 16.8. The molecule has 8 heteroatoms. The van der Waals surface area contributed by atoms with E-state index in [9.17, 15) is 13.5 Å². The SMILES string of the molecule is N#CC[C@@H]1CN(S(=O)(=O)c2cccs2)CCN1c1ccc(O)cc1. The molecule has 2 heterocycles. The van der Waals surface area contributed by atoms with Gasteiger partial charge in [0, 0.05) is 25.3 Å². The van der Waals surface area contributed by atoms with Gasteiger partial charge in [-0.2, -0.15) is 9.57 Å². The van der Waals surface area contributed by atoms with Crippen LogP contribution in [0.1, 0.15) is 6.42 Å². The molecule has 3 rings (SSSR count). The smallest absolute Gasteiger partial charge is 0.252 e. The number of hydrogen-bond acceptors (Lipinski definition) is 6. The van der Waals surface area contributed by atoms with E-state index in [2.05, 4.69) is 6.07 Å². The molecule has 126 valence electrons. The fraction of sp³-hybridized carbons (Fsp3) is 0.312. The molecule has 1 aliphatic heterocycles. The van der Waals surface area contributed by atoms with Gasteiger partial charge in [0.25, 0.3) is 10.0 Å². The lowest BCUT2D eigenvalue weighted by atomic mass is 10.1. The van der Waals surface area contributed by atoms with Crippen molar-refractivity contribution in [3.8, 4) is 11.8 Å². The number of phenols is 1. The first-order chi connectivity index (χ1) is 11.5. The van der Waals surface area contributed by atoms with E-state index in [1.54, 1.807) is 41.8 Å². The number of benzene rings is 1. The minimum atomic E-state index is -3.51. The van der Waals surface area contributed by atoms with Crippen LogP contribution < -0.4 is 4.90 Å². The van der Waals surface area contributed by atoms with E-state index in [0.29, 0.717) is 17.3 Å². The Morgan fingerprint density at radius 2 is 2.00 bits per heavy atom. The molecule has 0 unspecified atom stereocenters. The molecule has 1 atom stereocenters. The molecule has 1 aliphatic rings. The van der Waals surface area contributed by atoms with Gasteiger partial charge >= 0.3 is 0 Å². The molecule has 1 aromatic heterocycles.